The highest BCUT2D eigenvalue weighted by atomic mass is 79.9. The third-order valence-corrected chi connectivity index (χ3v) is 3.24. The van der Waals surface area contributed by atoms with E-state index in [-0.39, 0.29) is 17.8 Å². The molecule has 0 aliphatic carbocycles. The average molecular weight is 275 g/mol. The Balaban J connectivity index is 2.81. The number of benzene rings is 1. The summed E-state index contributed by atoms with van der Waals surface area (Å²) in [7, 11) is 0. The molecule has 3 heteroatoms. The van der Waals surface area contributed by atoms with Crippen LogP contribution in [0.25, 0.3) is 0 Å². The van der Waals surface area contributed by atoms with Gasteiger partial charge in [0.2, 0.25) is 0 Å². The number of aliphatic hydroxyl groups excluding tert-OH is 1. The van der Waals surface area contributed by atoms with E-state index in [4.69, 9.17) is 0 Å². The van der Waals surface area contributed by atoms with Gasteiger partial charge in [-0.15, -0.1) is 0 Å². The first kappa shape index (κ1) is 12.7. The molecule has 0 amide bonds. The average Bonchev–Trinajstić information content (AvgIpc) is 2.21. The van der Waals surface area contributed by atoms with Crippen LogP contribution in [0.4, 0.5) is 4.39 Å². The second kappa shape index (κ2) is 5.61. The third-order valence-electron chi connectivity index (χ3n) is 2.63. The summed E-state index contributed by atoms with van der Waals surface area (Å²) in [5.74, 6) is -0.224. The summed E-state index contributed by atoms with van der Waals surface area (Å²) in [6.07, 6.45) is 1.37. The van der Waals surface area contributed by atoms with E-state index in [1.54, 1.807) is 12.1 Å². The number of rotatable bonds is 4. The molecule has 84 valence electrons. The van der Waals surface area contributed by atoms with Gasteiger partial charge in [0, 0.05) is 5.92 Å². The Labute approximate surface area is 98.4 Å². The van der Waals surface area contributed by atoms with Crippen molar-refractivity contribution in [2.75, 3.05) is 0 Å². The normalized spacial score (nSPS) is 15.0. The quantitative estimate of drug-likeness (QED) is 0.884. The lowest BCUT2D eigenvalue weighted by atomic mass is 9.93. The first-order valence-electron chi connectivity index (χ1n) is 5.19. The van der Waals surface area contributed by atoms with Crippen LogP contribution in [0.15, 0.2) is 22.7 Å². The maximum Gasteiger partial charge on any atom is 0.137 e. The molecule has 0 radical (unpaired) electrons. The van der Waals surface area contributed by atoms with E-state index in [1.165, 1.54) is 6.07 Å². The van der Waals surface area contributed by atoms with Gasteiger partial charge in [-0.25, -0.2) is 4.39 Å². The van der Waals surface area contributed by atoms with Gasteiger partial charge in [-0.2, -0.15) is 0 Å². The van der Waals surface area contributed by atoms with Crippen LogP contribution in [0.2, 0.25) is 0 Å². The topological polar surface area (TPSA) is 20.2 Å². The van der Waals surface area contributed by atoms with Crippen LogP contribution in [0.1, 0.15) is 38.2 Å². The van der Waals surface area contributed by atoms with Crippen molar-refractivity contribution in [2.24, 2.45) is 0 Å². The summed E-state index contributed by atoms with van der Waals surface area (Å²) in [6.45, 7) is 4.00. The maximum atomic E-state index is 13.0. The highest BCUT2D eigenvalue weighted by molar-refractivity contribution is 9.10. The Morgan fingerprint density at radius 1 is 1.47 bits per heavy atom. The van der Waals surface area contributed by atoms with Gasteiger partial charge in [-0.3, -0.25) is 0 Å². The van der Waals surface area contributed by atoms with Gasteiger partial charge < -0.3 is 5.11 Å². The second-order valence-corrected chi connectivity index (χ2v) is 4.67. The molecule has 0 heterocycles. The molecular formula is C12H16BrFO. The van der Waals surface area contributed by atoms with Gasteiger partial charge in [0.05, 0.1) is 10.6 Å². The predicted molar refractivity (Wildman–Crippen MR) is 63.4 cm³/mol. The van der Waals surface area contributed by atoms with E-state index in [0.717, 1.165) is 18.4 Å². The van der Waals surface area contributed by atoms with Crippen LogP contribution in [-0.4, -0.2) is 11.2 Å². The van der Waals surface area contributed by atoms with Gasteiger partial charge >= 0.3 is 0 Å². The first-order valence-corrected chi connectivity index (χ1v) is 5.98. The minimum Gasteiger partial charge on any atom is -0.393 e. The van der Waals surface area contributed by atoms with E-state index < -0.39 is 0 Å². The minimum absolute atomic E-state index is 0.0434. The van der Waals surface area contributed by atoms with E-state index in [0.29, 0.717) is 4.47 Å². The molecule has 0 aliphatic rings. The monoisotopic (exact) mass is 274 g/mol. The molecule has 0 fully saturated rings. The highest BCUT2D eigenvalue weighted by Crippen LogP contribution is 2.26. The predicted octanol–water partition coefficient (Wildman–Crippen LogP) is 3.85. The largest absolute Gasteiger partial charge is 0.393 e. The lowest BCUT2D eigenvalue weighted by Gasteiger charge is -2.18. The molecule has 1 N–H and O–H groups in total. The van der Waals surface area contributed by atoms with Crippen molar-refractivity contribution in [1.82, 2.24) is 0 Å². The molecule has 2 unspecified atom stereocenters. The lowest BCUT2D eigenvalue weighted by molar-refractivity contribution is 0.138. The molecular weight excluding hydrogens is 259 g/mol. The van der Waals surface area contributed by atoms with E-state index in [1.807, 2.05) is 13.8 Å². The first-order chi connectivity index (χ1) is 7.06. The summed E-state index contributed by atoms with van der Waals surface area (Å²) in [5, 5.41) is 9.82. The van der Waals surface area contributed by atoms with Crippen molar-refractivity contribution >= 4 is 15.9 Å². The SMILES string of the molecule is CCCC(O)C(C)c1ccc(F)c(Br)c1. The van der Waals surface area contributed by atoms with Gasteiger partial charge in [0.15, 0.2) is 0 Å². The zero-order chi connectivity index (χ0) is 11.4. The van der Waals surface area contributed by atoms with Gasteiger partial charge in [0.1, 0.15) is 5.82 Å². The number of halogens is 2. The molecule has 1 nitrogen and oxygen atoms in total. The lowest BCUT2D eigenvalue weighted by Crippen LogP contribution is -2.15. The van der Waals surface area contributed by atoms with Crippen LogP contribution < -0.4 is 0 Å². The second-order valence-electron chi connectivity index (χ2n) is 3.82. The fourth-order valence-corrected chi connectivity index (χ4v) is 1.96. The van der Waals surface area contributed by atoms with E-state index >= 15 is 0 Å². The van der Waals surface area contributed by atoms with Crippen LogP contribution in [0.3, 0.4) is 0 Å². The number of hydrogen-bond donors (Lipinski definition) is 1. The smallest absolute Gasteiger partial charge is 0.137 e. The van der Waals surface area contributed by atoms with Crippen molar-refractivity contribution < 1.29 is 9.50 Å². The van der Waals surface area contributed by atoms with Gasteiger partial charge in [0.25, 0.3) is 0 Å². The molecule has 0 spiro atoms. The van der Waals surface area contributed by atoms with Crippen molar-refractivity contribution in [3.05, 3.63) is 34.1 Å². The molecule has 1 aromatic rings. The Kier molecular flexibility index (Phi) is 4.74. The van der Waals surface area contributed by atoms with Gasteiger partial charge in [-0.1, -0.05) is 26.3 Å². The molecule has 1 aromatic carbocycles. The Bertz CT molecular complexity index is 327. The van der Waals surface area contributed by atoms with E-state index in [9.17, 15) is 9.50 Å². The summed E-state index contributed by atoms with van der Waals surface area (Å²) >= 11 is 3.15. The third kappa shape index (κ3) is 3.28. The molecule has 1 rings (SSSR count). The van der Waals surface area contributed by atoms with Crippen LogP contribution in [0, 0.1) is 5.82 Å². The highest BCUT2D eigenvalue weighted by Gasteiger charge is 2.16. The number of aliphatic hydroxyl groups is 1. The fraction of sp³-hybridized carbons (Fsp3) is 0.500. The molecule has 2 atom stereocenters. The zero-order valence-electron chi connectivity index (χ0n) is 9.00. The Morgan fingerprint density at radius 2 is 2.13 bits per heavy atom. The van der Waals surface area contributed by atoms with Crippen molar-refractivity contribution in [3.8, 4) is 0 Å². The van der Waals surface area contributed by atoms with Crippen LogP contribution >= 0.6 is 15.9 Å². The molecule has 0 aromatic heterocycles. The molecule has 0 aliphatic heterocycles. The molecule has 0 saturated carbocycles. The summed E-state index contributed by atoms with van der Waals surface area (Å²) < 4.78 is 13.5. The maximum absolute atomic E-state index is 13.0. The zero-order valence-corrected chi connectivity index (χ0v) is 10.6. The van der Waals surface area contributed by atoms with Crippen LogP contribution in [-0.2, 0) is 0 Å². The van der Waals surface area contributed by atoms with Crippen molar-refractivity contribution in [2.45, 2.75) is 38.7 Å². The van der Waals surface area contributed by atoms with Crippen LogP contribution in [0.5, 0.6) is 0 Å². The fourth-order valence-electron chi connectivity index (χ4n) is 1.56. The Hall–Kier alpha value is -0.410. The van der Waals surface area contributed by atoms with Crippen molar-refractivity contribution in [1.29, 1.82) is 0 Å². The molecule has 0 saturated heterocycles. The summed E-state index contributed by atoms with van der Waals surface area (Å²) in [4.78, 5) is 0. The Morgan fingerprint density at radius 3 is 2.67 bits per heavy atom. The van der Waals surface area contributed by atoms with Crippen molar-refractivity contribution in [3.63, 3.8) is 0 Å². The number of hydrogen-bond acceptors (Lipinski definition) is 1. The minimum atomic E-state index is -0.354. The molecule has 0 bridgehead atoms. The van der Waals surface area contributed by atoms with E-state index in [2.05, 4.69) is 15.9 Å². The summed E-state index contributed by atoms with van der Waals surface area (Å²) in [6, 6.07) is 4.89. The molecule has 15 heavy (non-hydrogen) atoms. The summed E-state index contributed by atoms with van der Waals surface area (Å²) in [5.41, 5.74) is 0.962. The van der Waals surface area contributed by atoms with Gasteiger partial charge in [-0.05, 0) is 40.0 Å². The standard InChI is InChI=1S/C12H16BrFO/c1-3-4-12(15)8(2)9-5-6-11(14)10(13)7-9/h5-8,12,15H,3-4H2,1-2H3.